The van der Waals surface area contributed by atoms with Crippen molar-refractivity contribution in [2.45, 2.75) is 6.92 Å². The number of halogens is 3. The summed E-state index contributed by atoms with van der Waals surface area (Å²) < 4.78 is 26.9. The molecule has 0 aromatic heterocycles. The van der Waals surface area contributed by atoms with Gasteiger partial charge in [-0.25, -0.2) is 8.78 Å². The summed E-state index contributed by atoms with van der Waals surface area (Å²) in [5.74, 6) is -1.32. The molecule has 0 aliphatic heterocycles. The van der Waals surface area contributed by atoms with Crippen LogP contribution in [-0.2, 0) is 0 Å². The van der Waals surface area contributed by atoms with Crippen molar-refractivity contribution in [3.8, 4) is 0 Å². The largest absolute Gasteiger partial charge is 0.309 e. The molecule has 0 heterocycles. The van der Waals surface area contributed by atoms with Crippen LogP contribution in [0.25, 0.3) is 0 Å². The minimum Gasteiger partial charge on any atom is -0.309 e. The Hall–Kier alpha value is -1.75. The highest BCUT2D eigenvalue weighted by molar-refractivity contribution is 9.10. The molecule has 2 rings (SSSR count). The molecule has 20 heavy (non-hydrogen) atoms. The van der Waals surface area contributed by atoms with Gasteiger partial charge in [-0.1, -0.05) is 12.1 Å². The minimum absolute atomic E-state index is 0.111. The summed E-state index contributed by atoms with van der Waals surface area (Å²) in [7, 11) is 0. The van der Waals surface area contributed by atoms with E-state index in [4.69, 9.17) is 0 Å². The number of nitrogens with zero attached hydrogens (tertiary/aromatic N) is 1. The van der Waals surface area contributed by atoms with Crippen LogP contribution in [0.3, 0.4) is 0 Å². The van der Waals surface area contributed by atoms with E-state index in [-0.39, 0.29) is 15.9 Å². The van der Waals surface area contributed by atoms with Gasteiger partial charge in [0, 0.05) is 12.2 Å². The van der Waals surface area contributed by atoms with Crippen molar-refractivity contribution in [2.75, 3.05) is 11.4 Å². The fourth-order valence-corrected chi connectivity index (χ4v) is 2.34. The summed E-state index contributed by atoms with van der Waals surface area (Å²) in [6, 6.07) is 10.00. The molecule has 0 N–H and O–H groups in total. The Kier molecular flexibility index (Phi) is 4.49. The van der Waals surface area contributed by atoms with E-state index in [1.165, 1.54) is 41.3 Å². The smallest absolute Gasteiger partial charge is 0.259 e. The van der Waals surface area contributed by atoms with Crippen LogP contribution >= 0.6 is 15.9 Å². The molecule has 104 valence electrons. The first kappa shape index (κ1) is 14.7. The number of benzene rings is 2. The highest BCUT2D eigenvalue weighted by Crippen LogP contribution is 2.24. The summed E-state index contributed by atoms with van der Waals surface area (Å²) in [5, 5.41) is 0. The maximum atomic E-state index is 13.5. The first-order valence-corrected chi connectivity index (χ1v) is 6.85. The molecule has 2 aromatic carbocycles. The zero-order valence-electron chi connectivity index (χ0n) is 10.7. The molecule has 0 aliphatic carbocycles. The van der Waals surface area contributed by atoms with Crippen molar-refractivity contribution in [1.29, 1.82) is 0 Å². The number of hydrogen-bond acceptors (Lipinski definition) is 1. The number of amides is 1. The average Bonchev–Trinajstić information content (AvgIpc) is 2.42. The maximum Gasteiger partial charge on any atom is 0.259 e. The van der Waals surface area contributed by atoms with Crippen LogP contribution in [0.2, 0.25) is 0 Å². The molecular formula is C15H12BrF2NO. The van der Waals surface area contributed by atoms with E-state index in [2.05, 4.69) is 15.9 Å². The summed E-state index contributed by atoms with van der Waals surface area (Å²) in [6.07, 6.45) is 0. The highest BCUT2D eigenvalue weighted by atomic mass is 79.9. The maximum absolute atomic E-state index is 13.5. The quantitative estimate of drug-likeness (QED) is 0.811. The molecule has 0 unspecified atom stereocenters. The normalized spacial score (nSPS) is 10.4. The second-order valence-electron chi connectivity index (χ2n) is 4.13. The van der Waals surface area contributed by atoms with E-state index in [1.54, 1.807) is 13.0 Å². The Morgan fingerprint density at radius 1 is 1.20 bits per heavy atom. The Morgan fingerprint density at radius 2 is 1.90 bits per heavy atom. The van der Waals surface area contributed by atoms with Crippen molar-refractivity contribution < 1.29 is 13.6 Å². The molecule has 0 radical (unpaired) electrons. The van der Waals surface area contributed by atoms with Crippen molar-refractivity contribution in [2.24, 2.45) is 0 Å². The average molecular weight is 340 g/mol. The molecule has 0 saturated carbocycles. The third-order valence-electron chi connectivity index (χ3n) is 2.86. The summed E-state index contributed by atoms with van der Waals surface area (Å²) in [4.78, 5) is 13.9. The van der Waals surface area contributed by atoms with Crippen molar-refractivity contribution in [3.05, 3.63) is 64.1 Å². The van der Waals surface area contributed by atoms with Crippen molar-refractivity contribution in [3.63, 3.8) is 0 Å². The van der Waals surface area contributed by atoms with E-state index in [9.17, 15) is 13.6 Å². The van der Waals surface area contributed by atoms with Crippen LogP contribution in [0.4, 0.5) is 14.5 Å². The Balaban J connectivity index is 2.42. The van der Waals surface area contributed by atoms with E-state index in [0.717, 1.165) is 0 Å². The molecule has 1 amide bonds. The van der Waals surface area contributed by atoms with Gasteiger partial charge in [-0.15, -0.1) is 0 Å². The second kappa shape index (κ2) is 6.13. The van der Waals surface area contributed by atoms with Gasteiger partial charge in [-0.3, -0.25) is 4.79 Å². The van der Waals surface area contributed by atoms with Crippen molar-refractivity contribution >= 4 is 27.5 Å². The Labute approximate surface area is 124 Å². The van der Waals surface area contributed by atoms with Crippen LogP contribution in [0.1, 0.15) is 17.3 Å². The number of hydrogen-bond donors (Lipinski definition) is 0. The molecule has 0 spiro atoms. The van der Waals surface area contributed by atoms with Gasteiger partial charge < -0.3 is 4.90 Å². The van der Waals surface area contributed by atoms with E-state index in [0.29, 0.717) is 12.2 Å². The Morgan fingerprint density at radius 3 is 2.55 bits per heavy atom. The third-order valence-corrected chi connectivity index (χ3v) is 3.67. The van der Waals surface area contributed by atoms with Crippen LogP contribution < -0.4 is 4.90 Å². The molecular weight excluding hydrogens is 328 g/mol. The Bertz CT molecular complexity index is 646. The number of carbonyl (C=O) groups excluding carboxylic acids is 1. The highest BCUT2D eigenvalue weighted by Gasteiger charge is 2.20. The van der Waals surface area contributed by atoms with Crippen LogP contribution in [0, 0.1) is 11.6 Å². The SMILES string of the molecule is CCN(C(=O)c1cccc(F)c1Br)c1cccc(F)c1. The van der Waals surface area contributed by atoms with Gasteiger partial charge in [0.05, 0.1) is 10.0 Å². The van der Waals surface area contributed by atoms with Gasteiger partial charge in [0.2, 0.25) is 0 Å². The van der Waals surface area contributed by atoms with E-state index < -0.39 is 11.6 Å². The molecule has 5 heteroatoms. The monoisotopic (exact) mass is 339 g/mol. The molecule has 0 bridgehead atoms. The standard InChI is InChI=1S/C15H12BrF2NO/c1-2-19(11-6-3-5-10(17)9-11)15(20)12-7-4-8-13(18)14(12)16/h3-9H,2H2,1H3. The predicted molar refractivity (Wildman–Crippen MR) is 77.9 cm³/mol. The van der Waals surface area contributed by atoms with Gasteiger partial charge in [0.15, 0.2) is 0 Å². The summed E-state index contributed by atoms with van der Waals surface area (Å²) in [6.45, 7) is 2.13. The lowest BCUT2D eigenvalue weighted by atomic mass is 10.1. The van der Waals surface area contributed by atoms with Crippen LogP contribution in [-0.4, -0.2) is 12.5 Å². The summed E-state index contributed by atoms with van der Waals surface area (Å²) >= 11 is 3.07. The molecule has 0 atom stereocenters. The van der Waals surface area contributed by atoms with Gasteiger partial charge in [0.1, 0.15) is 11.6 Å². The number of rotatable bonds is 3. The van der Waals surface area contributed by atoms with E-state index in [1.807, 2.05) is 0 Å². The van der Waals surface area contributed by atoms with Crippen LogP contribution in [0.5, 0.6) is 0 Å². The lowest BCUT2D eigenvalue weighted by Gasteiger charge is -2.21. The topological polar surface area (TPSA) is 20.3 Å². The molecule has 2 aromatic rings. The molecule has 0 aliphatic rings. The van der Waals surface area contributed by atoms with Gasteiger partial charge in [-0.2, -0.15) is 0 Å². The second-order valence-corrected chi connectivity index (χ2v) is 4.92. The molecule has 2 nitrogen and oxygen atoms in total. The fraction of sp³-hybridized carbons (Fsp3) is 0.133. The van der Waals surface area contributed by atoms with Gasteiger partial charge >= 0.3 is 0 Å². The number of anilines is 1. The minimum atomic E-state index is -0.508. The van der Waals surface area contributed by atoms with Crippen molar-refractivity contribution in [1.82, 2.24) is 0 Å². The number of carbonyl (C=O) groups is 1. The first-order valence-electron chi connectivity index (χ1n) is 6.06. The van der Waals surface area contributed by atoms with Gasteiger partial charge in [-0.05, 0) is 53.2 Å². The lowest BCUT2D eigenvalue weighted by Crippen LogP contribution is -2.31. The van der Waals surface area contributed by atoms with Gasteiger partial charge in [0.25, 0.3) is 5.91 Å². The van der Waals surface area contributed by atoms with Crippen LogP contribution in [0.15, 0.2) is 46.9 Å². The predicted octanol–water partition coefficient (Wildman–Crippen LogP) is 4.39. The zero-order chi connectivity index (χ0) is 14.7. The zero-order valence-corrected chi connectivity index (χ0v) is 12.3. The fourth-order valence-electron chi connectivity index (χ4n) is 1.90. The van der Waals surface area contributed by atoms with E-state index >= 15 is 0 Å². The lowest BCUT2D eigenvalue weighted by molar-refractivity contribution is 0.0987. The summed E-state index contributed by atoms with van der Waals surface area (Å²) in [5.41, 5.74) is 0.643. The third kappa shape index (κ3) is 2.88. The first-order chi connectivity index (χ1) is 9.54. The molecule has 0 saturated heterocycles. The molecule has 0 fully saturated rings.